The number of rotatable bonds is 3. The first-order valence-corrected chi connectivity index (χ1v) is 21.8. The summed E-state index contributed by atoms with van der Waals surface area (Å²) in [6.45, 7) is 34.8. The van der Waals surface area contributed by atoms with Crippen LogP contribution in [0, 0.1) is 0 Å². The molecule has 0 fully saturated rings. The molecule has 2 aliphatic heterocycles. The lowest BCUT2D eigenvalue weighted by Crippen LogP contribution is -2.61. The van der Waals surface area contributed by atoms with Gasteiger partial charge in [0.2, 0.25) is 0 Å². The van der Waals surface area contributed by atoms with Crippen LogP contribution in [0.15, 0.2) is 121 Å². The Balaban J connectivity index is 1.46. The molecule has 2 aliphatic rings. The number of nitrogens with zero attached hydrogens (tertiary/aromatic N) is 2. The Hall–Kier alpha value is -5.02. The molecule has 2 nitrogen and oxygen atoms in total. The smallest absolute Gasteiger partial charge is 0.252 e. The highest BCUT2D eigenvalue weighted by atomic mass is 15.2. The molecule has 0 amide bonds. The van der Waals surface area contributed by atoms with Crippen molar-refractivity contribution in [2.75, 3.05) is 9.80 Å². The maximum absolute atomic E-state index is 2.61. The molecule has 302 valence electrons. The maximum atomic E-state index is 2.61. The highest BCUT2D eigenvalue weighted by molar-refractivity contribution is 7.00. The number of hydrogen-bond acceptors (Lipinski definition) is 2. The van der Waals surface area contributed by atoms with E-state index in [1.165, 1.54) is 89.5 Å². The fourth-order valence-electron chi connectivity index (χ4n) is 9.10. The number of hydrogen-bond donors (Lipinski definition) is 0. The fraction of sp³-hybridized carbons (Fsp3) is 0.357. The Kier molecular flexibility index (Phi) is 9.51. The molecule has 2 heterocycles. The lowest BCUT2D eigenvalue weighted by Gasteiger charge is -2.45. The first kappa shape index (κ1) is 40.8. The molecule has 0 spiro atoms. The van der Waals surface area contributed by atoms with Gasteiger partial charge in [0.25, 0.3) is 6.71 Å². The van der Waals surface area contributed by atoms with Crippen LogP contribution in [-0.2, 0) is 27.1 Å². The first-order valence-electron chi connectivity index (χ1n) is 21.8. The molecule has 0 radical (unpaired) electrons. The van der Waals surface area contributed by atoms with Crippen molar-refractivity contribution in [3.63, 3.8) is 0 Å². The minimum atomic E-state index is -0.0234. The minimum absolute atomic E-state index is 0.000122. The Morgan fingerprint density at radius 3 is 1.32 bits per heavy atom. The van der Waals surface area contributed by atoms with Gasteiger partial charge >= 0.3 is 0 Å². The molecule has 0 N–H and O–H groups in total. The van der Waals surface area contributed by atoms with Crippen LogP contribution in [0.5, 0.6) is 0 Å². The fourth-order valence-corrected chi connectivity index (χ4v) is 9.10. The molecule has 0 saturated carbocycles. The average Bonchev–Trinajstić information content (AvgIpc) is 3.15. The molecular formula is C56H65BN2. The van der Waals surface area contributed by atoms with Crippen LogP contribution in [-0.4, -0.2) is 6.71 Å². The van der Waals surface area contributed by atoms with Crippen molar-refractivity contribution < 1.29 is 0 Å². The average molecular weight is 777 g/mol. The highest BCUT2D eigenvalue weighted by Gasteiger charge is 2.44. The summed E-state index contributed by atoms with van der Waals surface area (Å²) >= 11 is 0. The van der Waals surface area contributed by atoms with Gasteiger partial charge in [0, 0.05) is 34.0 Å². The van der Waals surface area contributed by atoms with E-state index in [-0.39, 0.29) is 33.8 Å². The number of benzene rings is 6. The lowest BCUT2D eigenvalue weighted by atomic mass is 9.33. The van der Waals surface area contributed by atoms with Gasteiger partial charge in [-0.25, -0.2) is 0 Å². The molecule has 6 aromatic rings. The summed E-state index contributed by atoms with van der Waals surface area (Å²) in [7, 11) is 0. The van der Waals surface area contributed by atoms with Crippen LogP contribution in [0.3, 0.4) is 0 Å². The van der Waals surface area contributed by atoms with E-state index in [1.54, 1.807) is 0 Å². The van der Waals surface area contributed by atoms with Gasteiger partial charge < -0.3 is 9.80 Å². The maximum Gasteiger partial charge on any atom is 0.252 e. The molecule has 0 saturated heterocycles. The van der Waals surface area contributed by atoms with Gasteiger partial charge in [-0.15, -0.1) is 0 Å². The zero-order chi connectivity index (χ0) is 42.6. The van der Waals surface area contributed by atoms with Gasteiger partial charge in [-0.2, -0.15) is 0 Å². The van der Waals surface area contributed by atoms with Crippen molar-refractivity contribution in [1.29, 1.82) is 0 Å². The standard InChI is InChI=1S/C56H65BN2/c1-52(2,3)37-21-19-36(20-22-37)43-33-39(54(7,8)9)26-31-46(43)59-49-18-16-17-48-51(49)57(44-30-25-41(35-50(44)59)56(13,14)15)45-34-40(55(10,11)12)27-32-47(45)58(48)42-28-23-38(24-29-42)53(4,5)6/h16-35H,1-15H3. The molecule has 0 atom stereocenters. The Labute approximate surface area is 356 Å². The van der Waals surface area contributed by atoms with E-state index in [9.17, 15) is 0 Å². The highest BCUT2D eigenvalue weighted by Crippen LogP contribution is 2.48. The zero-order valence-electron chi connectivity index (χ0n) is 38.5. The topological polar surface area (TPSA) is 6.48 Å². The molecule has 8 rings (SSSR count). The van der Waals surface area contributed by atoms with E-state index in [2.05, 4.69) is 235 Å². The SMILES string of the molecule is CC(C)(C)c1ccc(-c2cc(C(C)(C)C)ccc2N2c3cc(C(C)(C)C)ccc3B3c4cc(C(C)(C)C)ccc4N(c4ccc(C(C)(C)C)cc4)c4cccc2c43)cc1. The van der Waals surface area contributed by atoms with Crippen LogP contribution in [0.25, 0.3) is 11.1 Å². The third-order valence-electron chi connectivity index (χ3n) is 12.9. The molecule has 59 heavy (non-hydrogen) atoms. The van der Waals surface area contributed by atoms with Crippen molar-refractivity contribution >= 4 is 57.2 Å². The first-order chi connectivity index (χ1) is 27.4. The van der Waals surface area contributed by atoms with Crippen LogP contribution in [0.1, 0.15) is 132 Å². The second-order valence-corrected chi connectivity index (χ2v) is 22.5. The van der Waals surface area contributed by atoms with E-state index < -0.39 is 0 Å². The molecule has 0 aliphatic carbocycles. The van der Waals surface area contributed by atoms with Crippen LogP contribution >= 0.6 is 0 Å². The van der Waals surface area contributed by atoms with Crippen LogP contribution in [0.4, 0.5) is 34.1 Å². The van der Waals surface area contributed by atoms with E-state index in [0.29, 0.717) is 0 Å². The van der Waals surface area contributed by atoms with Crippen molar-refractivity contribution in [2.45, 2.75) is 131 Å². The molecule has 3 heteroatoms. The Bertz CT molecular complexity index is 2560. The summed E-state index contributed by atoms with van der Waals surface area (Å²) in [5.74, 6) is 0. The Morgan fingerprint density at radius 1 is 0.339 bits per heavy atom. The van der Waals surface area contributed by atoms with Gasteiger partial charge in [0.05, 0.1) is 5.69 Å². The molecular weight excluding hydrogens is 711 g/mol. The molecule has 0 aromatic heterocycles. The molecule has 0 bridgehead atoms. The third kappa shape index (κ3) is 7.23. The van der Waals surface area contributed by atoms with Crippen molar-refractivity contribution in [2.24, 2.45) is 0 Å². The Morgan fingerprint density at radius 2 is 0.780 bits per heavy atom. The van der Waals surface area contributed by atoms with Crippen molar-refractivity contribution in [3.05, 3.63) is 149 Å². The van der Waals surface area contributed by atoms with Crippen molar-refractivity contribution in [3.8, 4) is 11.1 Å². The van der Waals surface area contributed by atoms with Crippen LogP contribution in [0.2, 0.25) is 0 Å². The second kappa shape index (κ2) is 13.8. The summed E-state index contributed by atoms with van der Waals surface area (Å²) < 4.78 is 0. The van der Waals surface area contributed by atoms with Gasteiger partial charge in [-0.3, -0.25) is 0 Å². The summed E-state index contributed by atoms with van der Waals surface area (Å²) in [5.41, 5.74) is 20.8. The van der Waals surface area contributed by atoms with Crippen molar-refractivity contribution in [1.82, 2.24) is 0 Å². The van der Waals surface area contributed by atoms with Gasteiger partial charge in [0.15, 0.2) is 0 Å². The quantitative estimate of drug-likeness (QED) is 0.165. The summed E-state index contributed by atoms with van der Waals surface area (Å²) in [5, 5.41) is 0. The lowest BCUT2D eigenvalue weighted by molar-refractivity contribution is 0.589. The summed E-state index contributed by atoms with van der Waals surface area (Å²) in [4.78, 5) is 5.14. The largest absolute Gasteiger partial charge is 0.311 e. The van der Waals surface area contributed by atoms with E-state index >= 15 is 0 Å². The monoisotopic (exact) mass is 777 g/mol. The van der Waals surface area contributed by atoms with E-state index in [4.69, 9.17) is 0 Å². The molecule has 0 unspecified atom stereocenters. The number of anilines is 6. The predicted octanol–water partition coefficient (Wildman–Crippen LogP) is 13.9. The van der Waals surface area contributed by atoms with Gasteiger partial charge in [-0.1, -0.05) is 177 Å². The second-order valence-electron chi connectivity index (χ2n) is 22.5. The predicted molar refractivity (Wildman–Crippen MR) is 259 cm³/mol. The van der Waals surface area contributed by atoms with Gasteiger partial charge in [0.1, 0.15) is 0 Å². The molecule has 6 aromatic carbocycles. The van der Waals surface area contributed by atoms with E-state index in [1.807, 2.05) is 0 Å². The van der Waals surface area contributed by atoms with Crippen LogP contribution < -0.4 is 26.2 Å². The minimum Gasteiger partial charge on any atom is -0.311 e. The normalized spacial score (nSPS) is 14.3. The summed E-state index contributed by atoms with van der Waals surface area (Å²) in [6, 6.07) is 47.5. The summed E-state index contributed by atoms with van der Waals surface area (Å²) in [6.07, 6.45) is 0. The third-order valence-corrected chi connectivity index (χ3v) is 12.9. The van der Waals surface area contributed by atoms with E-state index in [0.717, 1.165) is 0 Å². The zero-order valence-corrected chi connectivity index (χ0v) is 38.5. The van der Waals surface area contributed by atoms with Gasteiger partial charge in [-0.05, 0) is 125 Å². The number of fused-ring (bicyclic) bond motifs is 4.